The Kier molecular flexibility index (Phi) is 5.83. The minimum absolute atomic E-state index is 0.0198. The van der Waals surface area contributed by atoms with E-state index in [1.165, 1.54) is 0 Å². The van der Waals surface area contributed by atoms with E-state index in [0.29, 0.717) is 6.42 Å². The Balaban J connectivity index is 2.11. The molecule has 122 valence electrons. The summed E-state index contributed by atoms with van der Waals surface area (Å²) in [7, 11) is 0. The Morgan fingerprint density at radius 2 is 2.05 bits per heavy atom. The normalized spacial score (nSPS) is 20.0. The third-order valence-corrected chi connectivity index (χ3v) is 4.15. The topological polar surface area (TPSA) is 55.6 Å². The van der Waals surface area contributed by atoms with E-state index in [4.69, 9.17) is 10.5 Å². The Morgan fingerprint density at radius 3 is 2.73 bits per heavy atom. The number of nitrogens with zero attached hydrogens (tertiary/aromatic N) is 1. The first-order valence-corrected chi connectivity index (χ1v) is 8.28. The molecule has 1 amide bonds. The zero-order chi connectivity index (χ0) is 16.1. The molecule has 1 saturated heterocycles. The molecule has 0 radical (unpaired) electrons. The van der Waals surface area contributed by atoms with Crippen LogP contribution >= 0.6 is 0 Å². The zero-order valence-corrected chi connectivity index (χ0v) is 13.9. The van der Waals surface area contributed by atoms with Gasteiger partial charge in [-0.1, -0.05) is 18.2 Å². The van der Waals surface area contributed by atoms with Crippen LogP contribution in [0.1, 0.15) is 45.6 Å². The molecule has 2 atom stereocenters. The van der Waals surface area contributed by atoms with Crippen LogP contribution in [0.5, 0.6) is 5.75 Å². The van der Waals surface area contributed by atoms with E-state index in [1.807, 2.05) is 49.9 Å². The van der Waals surface area contributed by atoms with Gasteiger partial charge >= 0.3 is 0 Å². The number of carbonyl (C=O) groups excluding carboxylic acids is 1. The van der Waals surface area contributed by atoms with Gasteiger partial charge in [0.1, 0.15) is 5.75 Å². The molecule has 0 spiro atoms. The van der Waals surface area contributed by atoms with Crippen LogP contribution in [-0.4, -0.2) is 35.5 Å². The molecule has 4 heteroatoms. The van der Waals surface area contributed by atoms with Gasteiger partial charge in [0.05, 0.1) is 12.5 Å². The van der Waals surface area contributed by atoms with Crippen molar-refractivity contribution in [2.24, 2.45) is 5.73 Å². The highest BCUT2D eigenvalue weighted by Crippen LogP contribution is 2.24. The van der Waals surface area contributed by atoms with Crippen molar-refractivity contribution < 1.29 is 9.53 Å². The molecule has 2 unspecified atom stereocenters. The summed E-state index contributed by atoms with van der Waals surface area (Å²) in [6, 6.07) is 7.99. The van der Waals surface area contributed by atoms with Crippen molar-refractivity contribution >= 4 is 5.91 Å². The smallest absolute Gasteiger partial charge is 0.227 e. The summed E-state index contributed by atoms with van der Waals surface area (Å²) in [5, 5.41) is 0. The number of amides is 1. The number of carbonyl (C=O) groups is 1. The molecule has 1 heterocycles. The maximum Gasteiger partial charge on any atom is 0.227 e. The van der Waals surface area contributed by atoms with Gasteiger partial charge in [0.15, 0.2) is 0 Å². The standard InChI is InChI=1S/C18H28N2O2/c1-13(2)22-17-10-5-4-8-15(17)12-18(21)20-11-7-6-9-16(20)14(3)19/h4-5,8,10,13-14,16H,6-7,9,11-12,19H2,1-3H3. The van der Waals surface area contributed by atoms with Crippen molar-refractivity contribution in [2.75, 3.05) is 6.54 Å². The second-order valence-corrected chi connectivity index (χ2v) is 6.46. The monoisotopic (exact) mass is 304 g/mol. The summed E-state index contributed by atoms with van der Waals surface area (Å²) in [6.07, 6.45) is 3.71. The van der Waals surface area contributed by atoms with Gasteiger partial charge in [-0.15, -0.1) is 0 Å². The van der Waals surface area contributed by atoms with Gasteiger partial charge in [-0.05, 0) is 46.1 Å². The van der Waals surface area contributed by atoms with E-state index in [0.717, 1.165) is 37.1 Å². The summed E-state index contributed by atoms with van der Waals surface area (Å²) >= 11 is 0. The fourth-order valence-electron chi connectivity index (χ4n) is 3.10. The van der Waals surface area contributed by atoms with Crippen LogP contribution in [0.3, 0.4) is 0 Å². The quantitative estimate of drug-likeness (QED) is 0.910. The molecule has 0 saturated carbocycles. The Bertz CT molecular complexity index is 500. The number of likely N-dealkylation sites (tertiary alicyclic amines) is 1. The minimum Gasteiger partial charge on any atom is -0.491 e. The average Bonchev–Trinajstić information content (AvgIpc) is 2.48. The second kappa shape index (κ2) is 7.63. The van der Waals surface area contributed by atoms with Crippen LogP contribution in [0, 0.1) is 0 Å². The van der Waals surface area contributed by atoms with Gasteiger partial charge in [0, 0.05) is 24.2 Å². The highest BCUT2D eigenvalue weighted by Gasteiger charge is 2.29. The van der Waals surface area contributed by atoms with Crippen molar-refractivity contribution in [1.82, 2.24) is 4.90 Å². The first-order valence-electron chi connectivity index (χ1n) is 8.28. The first-order chi connectivity index (χ1) is 10.5. The molecular formula is C18H28N2O2. The number of nitrogens with two attached hydrogens (primary N) is 1. The largest absolute Gasteiger partial charge is 0.491 e. The van der Waals surface area contributed by atoms with Crippen LogP contribution in [0.4, 0.5) is 0 Å². The van der Waals surface area contributed by atoms with E-state index in [2.05, 4.69) is 0 Å². The van der Waals surface area contributed by atoms with Crippen molar-refractivity contribution in [1.29, 1.82) is 0 Å². The van der Waals surface area contributed by atoms with Gasteiger partial charge in [-0.2, -0.15) is 0 Å². The number of hydrogen-bond donors (Lipinski definition) is 1. The van der Waals surface area contributed by atoms with Gasteiger partial charge in [0.25, 0.3) is 0 Å². The molecule has 1 aliphatic heterocycles. The van der Waals surface area contributed by atoms with Crippen LogP contribution in [0.15, 0.2) is 24.3 Å². The number of ether oxygens (including phenoxy) is 1. The Labute approximate surface area is 133 Å². The van der Waals surface area contributed by atoms with Gasteiger partial charge < -0.3 is 15.4 Å². The lowest BCUT2D eigenvalue weighted by Crippen LogP contribution is -2.52. The minimum atomic E-state index is 0.0198. The molecule has 4 nitrogen and oxygen atoms in total. The third kappa shape index (κ3) is 4.23. The van der Waals surface area contributed by atoms with E-state index in [9.17, 15) is 4.79 Å². The number of hydrogen-bond acceptors (Lipinski definition) is 3. The molecule has 0 aromatic heterocycles. The lowest BCUT2D eigenvalue weighted by molar-refractivity contribution is -0.134. The number of para-hydroxylation sites is 1. The maximum atomic E-state index is 12.7. The molecule has 0 aliphatic carbocycles. The second-order valence-electron chi connectivity index (χ2n) is 6.46. The highest BCUT2D eigenvalue weighted by molar-refractivity contribution is 5.80. The van der Waals surface area contributed by atoms with Crippen LogP contribution in [0.25, 0.3) is 0 Å². The van der Waals surface area contributed by atoms with E-state index in [-0.39, 0.29) is 24.1 Å². The van der Waals surface area contributed by atoms with Crippen molar-refractivity contribution in [2.45, 2.75) is 64.6 Å². The predicted octanol–water partition coefficient (Wildman–Crippen LogP) is 2.74. The van der Waals surface area contributed by atoms with Crippen molar-refractivity contribution in [3.8, 4) is 5.75 Å². The lowest BCUT2D eigenvalue weighted by Gasteiger charge is -2.38. The third-order valence-electron chi connectivity index (χ3n) is 4.15. The molecule has 1 aromatic carbocycles. The summed E-state index contributed by atoms with van der Waals surface area (Å²) in [5.74, 6) is 0.960. The maximum absolute atomic E-state index is 12.7. The summed E-state index contributed by atoms with van der Waals surface area (Å²) < 4.78 is 5.81. The fourth-order valence-corrected chi connectivity index (χ4v) is 3.10. The number of rotatable bonds is 5. The first kappa shape index (κ1) is 16.8. The average molecular weight is 304 g/mol. The Morgan fingerprint density at radius 1 is 1.32 bits per heavy atom. The number of piperidine rings is 1. The van der Waals surface area contributed by atoms with E-state index >= 15 is 0 Å². The van der Waals surface area contributed by atoms with E-state index in [1.54, 1.807) is 0 Å². The lowest BCUT2D eigenvalue weighted by atomic mass is 9.96. The van der Waals surface area contributed by atoms with Gasteiger partial charge in [0.2, 0.25) is 5.91 Å². The van der Waals surface area contributed by atoms with Gasteiger partial charge in [-0.25, -0.2) is 0 Å². The van der Waals surface area contributed by atoms with Crippen LogP contribution in [-0.2, 0) is 11.2 Å². The Hall–Kier alpha value is -1.55. The number of benzene rings is 1. The summed E-state index contributed by atoms with van der Waals surface area (Å²) in [6.45, 7) is 6.80. The SMILES string of the molecule is CC(C)Oc1ccccc1CC(=O)N1CCCCC1C(C)N. The molecule has 2 N–H and O–H groups in total. The highest BCUT2D eigenvalue weighted by atomic mass is 16.5. The molecule has 1 aromatic rings. The molecule has 22 heavy (non-hydrogen) atoms. The molecule has 1 aliphatic rings. The molecule has 1 fully saturated rings. The molecular weight excluding hydrogens is 276 g/mol. The predicted molar refractivity (Wildman–Crippen MR) is 88.9 cm³/mol. The van der Waals surface area contributed by atoms with E-state index < -0.39 is 0 Å². The molecule has 0 bridgehead atoms. The summed E-state index contributed by atoms with van der Waals surface area (Å²) in [5.41, 5.74) is 7.02. The van der Waals surface area contributed by atoms with Crippen LogP contribution < -0.4 is 10.5 Å². The summed E-state index contributed by atoms with van der Waals surface area (Å²) in [4.78, 5) is 14.7. The van der Waals surface area contributed by atoms with Gasteiger partial charge in [-0.3, -0.25) is 4.79 Å². The van der Waals surface area contributed by atoms with Crippen LogP contribution in [0.2, 0.25) is 0 Å². The molecule has 2 rings (SSSR count). The fraction of sp³-hybridized carbons (Fsp3) is 0.611. The zero-order valence-electron chi connectivity index (χ0n) is 13.9. The van der Waals surface area contributed by atoms with Crippen molar-refractivity contribution in [3.63, 3.8) is 0 Å². The van der Waals surface area contributed by atoms with Crippen molar-refractivity contribution in [3.05, 3.63) is 29.8 Å².